The van der Waals surface area contributed by atoms with E-state index in [0.717, 1.165) is 25.7 Å². The number of nitrogens with zero attached hydrogens (tertiary/aromatic N) is 1. The summed E-state index contributed by atoms with van der Waals surface area (Å²) in [5.74, 6) is -0.861. The minimum absolute atomic E-state index is 0.0188. The Morgan fingerprint density at radius 2 is 0.917 bits per heavy atom. The van der Waals surface area contributed by atoms with Crippen LogP contribution in [0.25, 0.3) is 0 Å². The number of hydrogen-bond acceptors (Lipinski definition) is 5. The number of pyridine rings is 1. The molecule has 2 fully saturated rings. The average molecular weight is 484 g/mol. The van der Waals surface area contributed by atoms with Crippen molar-refractivity contribution in [2.24, 2.45) is 11.8 Å². The van der Waals surface area contributed by atoms with Crippen molar-refractivity contribution in [3.63, 3.8) is 0 Å². The molecule has 0 atom stereocenters. The predicted octanol–water partition coefficient (Wildman–Crippen LogP) is 4.28. The molecule has 0 aliphatic heterocycles. The van der Waals surface area contributed by atoms with Gasteiger partial charge in [0, 0.05) is 34.6 Å². The number of benzene rings is 2. The molecule has 4 N–H and O–H groups in total. The fraction of sp³-hybridized carbons (Fsp3) is 0.222. The Balaban J connectivity index is 1.22. The maximum atomic E-state index is 12.8. The summed E-state index contributed by atoms with van der Waals surface area (Å²) in [7, 11) is 0. The van der Waals surface area contributed by atoms with Crippen molar-refractivity contribution < 1.29 is 19.2 Å². The zero-order valence-electron chi connectivity index (χ0n) is 19.4. The summed E-state index contributed by atoms with van der Waals surface area (Å²) in [5.41, 5.74) is 2.33. The molecule has 2 aliphatic carbocycles. The topological polar surface area (TPSA) is 129 Å². The first kappa shape index (κ1) is 23.2. The molecule has 2 aliphatic rings. The third-order valence-electron chi connectivity index (χ3n) is 5.89. The summed E-state index contributed by atoms with van der Waals surface area (Å²) in [6.45, 7) is 0. The predicted molar refractivity (Wildman–Crippen MR) is 136 cm³/mol. The molecule has 5 rings (SSSR count). The lowest BCUT2D eigenvalue weighted by Crippen LogP contribution is -2.19. The van der Waals surface area contributed by atoms with E-state index >= 15 is 0 Å². The lowest BCUT2D eigenvalue weighted by atomic mass is 10.2. The van der Waals surface area contributed by atoms with E-state index in [2.05, 4.69) is 26.3 Å². The zero-order chi connectivity index (χ0) is 25.1. The lowest BCUT2D eigenvalue weighted by Gasteiger charge is -2.10. The summed E-state index contributed by atoms with van der Waals surface area (Å²) in [4.78, 5) is 53.7. The second-order valence-corrected chi connectivity index (χ2v) is 9.00. The summed E-state index contributed by atoms with van der Waals surface area (Å²) in [6.07, 6.45) is 3.61. The monoisotopic (exact) mass is 483 g/mol. The van der Waals surface area contributed by atoms with Gasteiger partial charge in [0.15, 0.2) is 0 Å². The fourth-order valence-corrected chi connectivity index (χ4v) is 3.61. The molecule has 182 valence electrons. The molecule has 0 bridgehead atoms. The van der Waals surface area contributed by atoms with Gasteiger partial charge in [0.1, 0.15) is 11.4 Å². The number of carbonyl (C=O) groups is 4. The molecule has 0 unspecified atom stereocenters. The first-order valence-corrected chi connectivity index (χ1v) is 11.9. The van der Waals surface area contributed by atoms with Crippen molar-refractivity contribution in [3.05, 3.63) is 78.1 Å². The van der Waals surface area contributed by atoms with E-state index in [1.54, 1.807) is 54.6 Å². The van der Waals surface area contributed by atoms with Crippen molar-refractivity contribution >= 4 is 46.4 Å². The zero-order valence-corrected chi connectivity index (χ0v) is 19.4. The van der Waals surface area contributed by atoms with Crippen molar-refractivity contribution in [1.29, 1.82) is 0 Å². The number of anilines is 4. The van der Waals surface area contributed by atoms with Gasteiger partial charge in [-0.3, -0.25) is 19.2 Å². The highest BCUT2D eigenvalue weighted by molar-refractivity contribution is 6.06. The smallest absolute Gasteiger partial charge is 0.274 e. The van der Waals surface area contributed by atoms with Gasteiger partial charge >= 0.3 is 0 Å². The van der Waals surface area contributed by atoms with Gasteiger partial charge in [-0.15, -0.1) is 0 Å². The highest BCUT2D eigenvalue weighted by Crippen LogP contribution is 2.31. The van der Waals surface area contributed by atoms with E-state index in [0.29, 0.717) is 22.7 Å². The maximum Gasteiger partial charge on any atom is 0.274 e. The van der Waals surface area contributed by atoms with E-state index < -0.39 is 11.8 Å². The van der Waals surface area contributed by atoms with Gasteiger partial charge in [0.2, 0.25) is 11.8 Å². The van der Waals surface area contributed by atoms with Crippen LogP contribution in [-0.4, -0.2) is 28.6 Å². The van der Waals surface area contributed by atoms with E-state index in [1.807, 2.05) is 0 Å². The van der Waals surface area contributed by atoms with Crippen molar-refractivity contribution in [2.75, 3.05) is 21.3 Å². The van der Waals surface area contributed by atoms with Gasteiger partial charge in [0.25, 0.3) is 11.8 Å². The molecule has 0 spiro atoms. The SMILES string of the molecule is O=C(Nc1cccc(NC(=O)C2CC2)c1)c1cccc(C(=O)Nc2cccc(NC(=O)C3CC3)c2)n1. The maximum absolute atomic E-state index is 12.8. The van der Waals surface area contributed by atoms with Crippen LogP contribution < -0.4 is 21.3 Å². The molecule has 2 aromatic carbocycles. The van der Waals surface area contributed by atoms with Gasteiger partial charge in [-0.25, -0.2) is 4.98 Å². The number of aromatic nitrogens is 1. The van der Waals surface area contributed by atoms with Gasteiger partial charge < -0.3 is 21.3 Å². The van der Waals surface area contributed by atoms with Crippen molar-refractivity contribution in [1.82, 2.24) is 4.98 Å². The molecule has 4 amide bonds. The molecule has 3 aromatic rings. The fourth-order valence-electron chi connectivity index (χ4n) is 3.61. The number of carbonyl (C=O) groups excluding carboxylic acids is 4. The molecular weight excluding hydrogens is 458 g/mol. The van der Waals surface area contributed by atoms with Crippen LogP contribution in [0.4, 0.5) is 22.7 Å². The molecule has 2 saturated carbocycles. The van der Waals surface area contributed by atoms with Crippen LogP contribution in [0, 0.1) is 11.8 Å². The largest absolute Gasteiger partial charge is 0.326 e. The van der Waals surface area contributed by atoms with Gasteiger partial charge in [-0.2, -0.15) is 0 Å². The Kier molecular flexibility index (Phi) is 6.44. The van der Waals surface area contributed by atoms with Crippen LogP contribution in [0.2, 0.25) is 0 Å². The van der Waals surface area contributed by atoms with Gasteiger partial charge in [-0.05, 0) is 74.2 Å². The molecule has 1 heterocycles. The van der Waals surface area contributed by atoms with Crippen LogP contribution in [-0.2, 0) is 9.59 Å². The second kappa shape index (κ2) is 9.99. The number of nitrogens with one attached hydrogen (secondary N) is 4. The van der Waals surface area contributed by atoms with E-state index in [4.69, 9.17) is 0 Å². The Hall–Kier alpha value is -4.53. The first-order valence-electron chi connectivity index (χ1n) is 11.9. The summed E-state index contributed by atoms with van der Waals surface area (Å²) in [5, 5.41) is 11.2. The Morgan fingerprint density at radius 1 is 0.556 bits per heavy atom. The number of hydrogen-bond donors (Lipinski definition) is 4. The average Bonchev–Trinajstić information content (AvgIpc) is 3.77. The molecule has 0 radical (unpaired) electrons. The summed E-state index contributed by atoms with van der Waals surface area (Å²) >= 11 is 0. The summed E-state index contributed by atoms with van der Waals surface area (Å²) in [6, 6.07) is 18.3. The van der Waals surface area contributed by atoms with Crippen LogP contribution >= 0.6 is 0 Å². The molecule has 0 saturated heterocycles. The van der Waals surface area contributed by atoms with Crippen LogP contribution in [0.15, 0.2) is 66.7 Å². The normalized spacial score (nSPS) is 14.4. The summed E-state index contributed by atoms with van der Waals surface area (Å²) < 4.78 is 0. The molecule has 9 heteroatoms. The minimum Gasteiger partial charge on any atom is -0.326 e. The van der Waals surface area contributed by atoms with E-state index in [1.165, 1.54) is 12.1 Å². The van der Waals surface area contributed by atoms with E-state index in [9.17, 15) is 19.2 Å². The van der Waals surface area contributed by atoms with Crippen LogP contribution in [0.1, 0.15) is 46.7 Å². The molecule has 9 nitrogen and oxygen atoms in total. The highest BCUT2D eigenvalue weighted by Gasteiger charge is 2.30. The second-order valence-electron chi connectivity index (χ2n) is 9.00. The molecule has 36 heavy (non-hydrogen) atoms. The van der Waals surface area contributed by atoms with Crippen LogP contribution in [0.3, 0.4) is 0 Å². The Morgan fingerprint density at radius 3 is 1.31 bits per heavy atom. The quantitative estimate of drug-likeness (QED) is 0.380. The molecular formula is C27H25N5O4. The molecule has 1 aromatic heterocycles. The third kappa shape index (κ3) is 5.93. The van der Waals surface area contributed by atoms with Gasteiger partial charge in [0.05, 0.1) is 0 Å². The van der Waals surface area contributed by atoms with E-state index in [-0.39, 0.29) is 35.0 Å². The number of rotatable bonds is 8. The van der Waals surface area contributed by atoms with Crippen LogP contribution in [0.5, 0.6) is 0 Å². The van der Waals surface area contributed by atoms with Crippen molar-refractivity contribution in [2.45, 2.75) is 25.7 Å². The Bertz CT molecular complexity index is 1250. The first-order chi connectivity index (χ1) is 17.4. The minimum atomic E-state index is -0.486. The number of amides is 4. The third-order valence-corrected chi connectivity index (χ3v) is 5.89. The lowest BCUT2D eigenvalue weighted by molar-refractivity contribution is -0.118. The van der Waals surface area contributed by atoms with Gasteiger partial charge in [-0.1, -0.05) is 18.2 Å². The van der Waals surface area contributed by atoms with Crippen molar-refractivity contribution in [3.8, 4) is 0 Å². The standard InChI is InChI=1S/C27H25N5O4/c33-24(16-10-11-16)28-18-4-1-6-20(14-18)30-26(35)22-8-3-9-23(32-22)27(36)31-21-7-2-5-19(15-21)29-25(34)17-12-13-17/h1-9,14-17H,10-13H2,(H,28,33)(H,29,34)(H,30,35)(H,31,36). The Labute approximate surface area is 207 Å². The highest BCUT2D eigenvalue weighted by atomic mass is 16.2.